The summed E-state index contributed by atoms with van der Waals surface area (Å²) >= 11 is 6.55. The van der Waals surface area contributed by atoms with Gasteiger partial charge in [0.05, 0.1) is 6.04 Å². The van der Waals surface area contributed by atoms with Crippen LogP contribution in [0.1, 0.15) is 47.7 Å². The number of hydrogen-bond donors (Lipinski definition) is 1. The van der Waals surface area contributed by atoms with Crippen molar-refractivity contribution in [2.24, 2.45) is 0 Å². The van der Waals surface area contributed by atoms with E-state index >= 15 is 0 Å². The maximum Gasteiger partial charge on any atom is 0.0591 e. The lowest BCUT2D eigenvalue weighted by molar-refractivity contribution is 0.682. The van der Waals surface area contributed by atoms with Crippen LogP contribution in [0.2, 0.25) is 5.02 Å². The number of hydrogen-bond acceptors (Lipinski definition) is 1. The zero-order chi connectivity index (χ0) is 15.4. The molecule has 0 aliphatic heterocycles. The number of rotatable bonds is 5. The lowest BCUT2D eigenvalue weighted by atomic mass is 9.90. The predicted molar refractivity (Wildman–Crippen MR) is 92.3 cm³/mol. The Labute approximate surface area is 133 Å². The molecule has 0 aromatic heterocycles. The van der Waals surface area contributed by atoms with Crippen LogP contribution in [0.15, 0.2) is 36.4 Å². The van der Waals surface area contributed by atoms with Gasteiger partial charge in [0.2, 0.25) is 0 Å². The first-order valence-corrected chi connectivity index (χ1v) is 8.04. The Balaban J connectivity index is 2.57. The minimum Gasteiger partial charge on any atom is -0.309 e. The maximum atomic E-state index is 6.55. The summed E-state index contributed by atoms with van der Waals surface area (Å²) in [6.45, 7) is 6.45. The van der Waals surface area contributed by atoms with Crippen LogP contribution in [0.5, 0.6) is 0 Å². The predicted octanol–water partition coefficient (Wildman–Crippen LogP) is 5.08. The molecular formula is C19H24ClN. The standard InChI is InChI=1S/C19H24ClN/c1-5-14-10-11-15(6-2)17(12-14)19(21-4)16-9-7-8-13(3)18(16)20/h7-12,19,21H,5-6H2,1-4H3. The topological polar surface area (TPSA) is 12.0 Å². The van der Waals surface area contributed by atoms with Crippen LogP contribution in [0.3, 0.4) is 0 Å². The molecule has 112 valence electrons. The van der Waals surface area contributed by atoms with Crippen LogP contribution in [0, 0.1) is 6.92 Å². The number of halogens is 1. The van der Waals surface area contributed by atoms with Gasteiger partial charge in [-0.1, -0.05) is 61.8 Å². The van der Waals surface area contributed by atoms with Gasteiger partial charge in [0.25, 0.3) is 0 Å². The molecule has 2 aromatic carbocycles. The lowest BCUT2D eigenvalue weighted by Crippen LogP contribution is -2.20. The molecule has 0 saturated carbocycles. The molecule has 1 N–H and O–H groups in total. The summed E-state index contributed by atoms with van der Waals surface area (Å²) in [6, 6.07) is 13.2. The highest BCUT2D eigenvalue weighted by molar-refractivity contribution is 6.32. The van der Waals surface area contributed by atoms with Crippen molar-refractivity contribution in [1.82, 2.24) is 5.32 Å². The van der Waals surface area contributed by atoms with E-state index in [1.54, 1.807) is 0 Å². The molecule has 0 fully saturated rings. The van der Waals surface area contributed by atoms with Crippen molar-refractivity contribution in [2.45, 2.75) is 39.7 Å². The van der Waals surface area contributed by atoms with Gasteiger partial charge in [-0.3, -0.25) is 0 Å². The van der Waals surface area contributed by atoms with E-state index in [9.17, 15) is 0 Å². The second-order valence-electron chi connectivity index (χ2n) is 5.44. The van der Waals surface area contributed by atoms with Crippen LogP contribution in [-0.4, -0.2) is 7.05 Å². The van der Waals surface area contributed by atoms with Gasteiger partial charge in [-0.2, -0.15) is 0 Å². The molecule has 0 heterocycles. The Bertz CT molecular complexity index is 619. The quantitative estimate of drug-likeness (QED) is 0.812. The van der Waals surface area contributed by atoms with Crippen molar-refractivity contribution in [3.8, 4) is 0 Å². The Morgan fingerprint density at radius 3 is 2.43 bits per heavy atom. The lowest BCUT2D eigenvalue weighted by Gasteiger charge is -2.23. The van der Waals surface area contributed by atoms with E-state index in [0.717, 1.165) is 29.0 Å². The maximum absolute atomic E-state index is 6.55. The van der Waals surface area contributed by atoms with Crippen molar-refractivity contribution < 1.29 is 0 Å². The van der Waals surface area contributed by atoms with Crippen molar-refractivity contribution in [1.29, 1.82) is 0 Å². The largest absolute Gasteiger partial charge is 0.309 e. The number of aryl methyl sites for hydroxylation is 3. The summed E-state index contributed by atoms with van der Waals surface area (Å²) in [4.78, 5) is 0. The van der Waals surface area contributed by atoms with Gasteiger partial charge in [0, 0.05) is 5.02 Å². The van der Waals surface area contributed by atoms with Crippen molar-refractivity contribution >= 4 is 11.6 Å². The molecule has 1 atom stereocenters. The summed E-state index contributed by atoms with van der Waals surface area (Å²) in [5.41, 5.74) is 6.36. The molecule has 0 radical (unpaired) electrons. The third kappa shape index (κ3) is 3.30. The minimum atomic E-state index is 0.138. The van der Waals surface area contributed by atoms with Gasteiger partial charge >= 0.3 is 0 Å². The monoisotopic (exact) mass is 301 g/mol. The minimum absolute atomic E-state index is 0.138. The molecule has 2 heteroatoms. The van der Waals surface area contributed by atoms with Crippen molar-refractivity contribution in [2.75, 3.05) is 7.05 Å². The van der Waals surface area contributed by atoms with Gasteiger partial charge in [0.1, 0.15) is 0 Å². The summed E-state index contributed by atoms with van der Waals surface area (Å²) in [5, 5.41) is 4.31. The third-order valence-electron chi connectivity index (χ3n) is 4.13. The molecule has 0 amide bonds. The first-order valence-electron chi connectivity index (χ1n) is 7.66. The molecule has 0 saturated heterocycles. The van der Waals surface area contributed by atoms with E-state index in [1.165, 1.54) is 16.7 Å². The Morgan fingerprint density at radius 1 is 1.05 bits per heavy atom. The smallest absolute Gasteiger partial charge is 0.0591 e. The van der Waals surface area contributed by atoms with Gasteiger partial charge in [-0.05, 0) is 54.6 Å². The molecule has 1 unspecified atom stereocenters. The summed E-state index contributed by atoms with van der Waals surface area (Å²) < 4.78 is 0. The second-order valence-corrected chi connectivity index (χ2v) is 5.82. The fourth-order valence-corrected chi connectivity index (χ4v) is 3.06. The second kappa shape index (κ2) is 7.11. The molecule has 0 spiro atoms. The molecular weight excluding hydrogens is 278 g/mol. The van der Waals surface area contributed by atoms with Gasteiger partial charge in [-0.15, -0.1) is 0 Å². The zero-order valence-corrected chi connectivity index (χ0v) is 14.1. The van der Waals surface area contributed by atoms with E-state index in [4.69, 9.17) is 11.6 Å². The first kappa shape index (κ1) is 16.1. The van der Waals surface area contributed by atoms with Crippen molar-refractivity contribution in [3.63, 3.8) is 0 Å². The summed E-state index contributed by atoms with van der Waals surface area (Å²) in [7, 11) is 2.00. The highest BCUT2D eigenvalue weighted by atomic mass is 35.5. The average molecular weight is 302 g/mol. The van der Waals surface area contributed by atoms with Crippen LogP contribution >= 0.6 is 11.6 Å². The molecule has 2 rings (SSSR count). The molecule has 2 aromatic rings. The highest BCUT2D eigenvalue weighted by Gasteiger charge is 2.18. The molecule has 21 heavy (non-hydrogen) atoms. The Hall–Kier alpha value is -1.31. The molecule has 0 aliphatic carbocycles. The van der Waals surface area contributed by atoms with E-state index < -0.39 is 0 Å². The van der Waals surface area contributed by atoms with E-state index in [1.807, 2.05) is 7.05 Å². The highest BCUT2D eigenvalue weighted by Crippen LogP contribution is 2.32. The fraction of sp³-hybridized carbons (Fsp3) is 0.368. The Morgan fingerprint density at radius 2 is 1.81 bits per heavy atom. The molecule has 0 bridgehead atoms. The van der Waals surface area contributed by atoms with Crippen LogP contribution in [-0.2, 0) is 12.8 Å². The zero-order valence-electron chi connectivity index (χ0n) is 13.3. The SMILES string of the molecule is CCc1ccc(CC)c(C(NC)c2cccc(C)c2Cl)c1. The van der Waals surface area contributed by atoms with Crippen LogP contribution in [0.25, 0.3) is 0 Å². The number of nitrogens with one attached hydrogen (secondary N) is 1. The average Bonchev–Trinajstić information content (AvgIpc) is 2.52. The van der Waals surface area contributed by atoms with Crippen LogP contribution < -0.4 is 5.32 Å². The van der Waals surface area contributed by atoms with E-state index in [2.05, 4.69) is 62.5 Å². The fourth-order valence-electron chi connectivity index (χ4n) is 2.83. The van der Waals surface area contributed by atoms with Crippen LogP contribution in [0.4, 0.5) is 0 Å². The van der Waals surface area contributed by atoms with Gasteiger partial charge in [-0.25, -0.2) is 0 Å². The third-order valence-corrected chi connectivity index (χ3v) is 4.65. The van der Waals surface area contributed by atoms with E-state index in [-0.39, 0.29) is 6.04 Å². The molecule has 1 nitrogen and oxygen atoms in total. The van der Waals surface area contributed by atoms with E-state index in [0.29, 0.717) is 0 Å². The first-order chi connectivity index (χ1) is 10.1. The Kier molecular flexibility index (Phi) is 5.44. The van der Waals surface area contributed by atoms with Gasteiger partial charge in [0.15, 0.2) is 0 Å². The van der Waals surface area contributed by atoms with Gasteiger partial charge < -0.3 is 5.32 Å². The van der Waals surface area contributed by atoms with Crippen molar-refractivity contribution in [3.05, 3.63) is 69.2 Å². The number of benzene rings is 2. The molecule has 0 aliphatic rings. The summed E-state index contributed by atoms with van der Waals surface area (Å²) in [6.07, 6.45) is 2.08. The normalized spacial score (nSPS) is 12.4. The summed E-state index contributed by atoms with van der Waals surface area (Å²) in [5.74, 6) is 0.